The number of likely N-dealkylation sites (tertiary alicyclic amines) is 2. The molecule has 4 aromatic rings. The van der Waals surface area contributed by atoms with Crippen molar-refractivity contribution in [3.8, 4) is 5.88 Å². The van der Waals surface area contributed by atoms with Crippen LogP contribution in [0.15, 0.2) is 54.9 Å². The van der Waals surface area contributed by atoms with Gasteiger partial charge in [-0.05, 0) is 87.8 Å². The lowest BCUT2D eigenvalue weighted by Crippen LogP contribution is -2.54. The Hall–Kier alpha value is -6.16. The van der Waals surface area contributed by atoms with Crippen LogP contribution < -0.4 is 25.2 Å². The Morgan fingerprint density at radius 3 is 2.44 bits per heavy atom. The number of piperidine rings is 2. The molecule has 0 saturated carbocycles. The van der Waals surface area contributed by atoms with Crippen LogP contribution >= 0.6 is 0 Å². The van der Waals surface area contributed by atoms with Crippen molar-refractivity contribution in [3.63, 3.8) is 0 Å². The standard InChI is InChI=1S/C47H54FN9O6/c1-28-39(24-49-44-42(28)57(19-20-62-44)46(61)63-47(2,3)4)55-16-13-32-23-50-45(52-38(32)27-55)51-34-10-9-31(37(48)22-34)21-41(59)54-17-14-35(15-18-54)56-25-33(26-56)29-5-7-30(8-6-29)36-11-12-40(58)53-43(36)60/h5-10,22-24,33,35-36H,11-21,25-27H2,1-4H3,(H,50,51,52)(H,53,58,60). The largest absolute Gasteiger partial charge is 0.474 e. The summed E-state index contributed by atoms with van der Waals surface area (Å²) in [6.45, 7) is 12.5. The number of pyridine rings is 1. The Bertz CT molecular complexity index is 2430. The van der Waals surface area contributed by atoms with Crippen molar-refractivity contribution >= 4 is 46.8 Å². The number of nitrogens with zero attached hydrogens (tertiary/aromatic N) is 7. The molecule has 2 aromatic heterocycles. The second kappa shape index (κ2) is 17.2. The van der Waals surface area contributed by atoms with Gasteiger partial charge < -0.3 is 24.6 Å². The number of carbonyl (C=O) groups is 4. The van der Waals surface area contributed by atoms with Crippen LogP contribution in [-0.2, 0) is 38.5 Å². The van der Waals surface area contributed by atoms with Crippen LogP contribution in [0.2, 0.25) is 0 Å². The molecule has 15 nitrogen and oxygen atoms in total. The summed E-state index contributed by atoms with van der Waals surface area (Å²) in [6, 6.07) is 13.4. The first-order chi connectivity index (χ1) is 30.3. The fourth-order valence-electron chi connectivity index (χ4n) is 9.40. The van der Waals surface area contributed by atoms with E-state index in [9.17, 15) is 19.2 Å². The van der Waals surface area contributed by atoms with Crippen molar-refractivity contribution in [2.75, 3.05) is 61.0 Å². The van der Waals surface area contributed by atoms with Crippen molar-refractivity contribution in [3.05, 3.63) is 94.2 Å². The maximum Gasteiger partial charge on any atom is 0.415 e. The maximum atomic E-state index is 15.5. The molecule has 0 bridgehead atoms. The van der Waals surface area contributed by atoms with E-state index in [1.54, 1.807) is 29.4 Å². The number of imide groups is 1. The smallest absolute Gasteiger partial charge is 0.415 e. The Labute approximate surface area is 366 Å². The minimum atomic E-state index is -0.648. The highest BCUT2D eigenvalue weighted by atomic mass is 19.1. The molecule has 9 rings (SSSR count). The zero-order valence-electron chi connectivity index (χ0n) is 36.3. The predicted octanol–water partition coefficient (Wildman–Crippen LogP) is 5.91. The normalized spacial score (nSPS) is 19.7. The number of fused-ring (bicyclic) bond motifs is 2. The first-order valence-electron chi connectivity index (χ1n) is 22.0. The van der Waals surface area contributed by atoms with Gasteiger partial charge in [-0.1, -0.05) is 30.3 Å². The van der Waals surface area contributed by atoms with E-state index >= 15 is 4.39 Å². The molecule has 0 radical (unpaired) electrons. The van der Waals surface area contributed by atoms with E-state index in [0.717, 1.165) is 54.0 Å². The minimum Gasteiger partial charge on any atom is -0.474 e. The lowest BCUT2D eigenvalue weighted by Gasteiger charge is -2.47. The third-order valence-corrected chi connectivity index (χ3v) is 12.9. The Kier molecular flexibility index (Phi) is 11.5. The zero-order valence-corrected chi connectivity index (χ0v) is 36.3. The molecule has 4 amide bonds. The van der Waals surface area contributed by atoms with E-state index in [1.165, 1.54) is 11.6 Å². The van der Waals surface area contributed by atoms with Crippen LogP contribution in [0.3, 0.4) is 0 Å². The quantitative estimate of drug-likeness (QED) is 0.202. The lowest BCUT2D eigenvalue weighted by molar-refractivity contribution is -0.134. The minimum absolute atomic E-state index is 0.0127. The van der Waals surface area contributed by atoms with Gasteiger partial charge in [0.2, 0.25) is 29.5 Å². The number of benzene rings is 2. The third-order valence-electron chi connectivity index (χ3n) is 12.9. The molecule has 7 heterocycles. The number of hydrogen-bond acceptors (Lipinski definition) is 12. The summed E-state index contributed by atoms with van der Waals surface area (Å²) in [5.41, 5.74) is 6.55. The molecule has 63 heavy (non-hydrogen) atoms. The lowest BCUT2D eigenvalue weighted by atomic mass is 9.85. The Morgan fingerprint density at radius 2 is 1.71 bits per heavy atom. The van der Waals surface area contributed by atoms with Crippen molar-refractivity contribution in [1.29, 1.82) is 0 Å². The van der Waals surface area contributed by atoms with Gasteiger partial charge in [0.1, 0.15) is 23.7 Å². The summed E-state index contributed by atoms with van der Waals surface area (Å²) in [7, 11) is 0. The molecule has 0 aliphatic carbocycles. The van der Waals surface area contributed by atoms with Gasteiger partial charge in [-0.2, -0.15) is 0 Å². The second-order valence-electron chi connectivity index (χ2n) is 18.3. The molecule has 2 aromatic carbocycles. The topological polar surface area (TPSA) is 162 Å². The number of ether oxygens (including phenoxy) is 2. The van der Waals surface area contributed by atoms with Gasteiger partial charge >= 0.3 is 6.09 Å². The first-order valence-corrected chi connectivity index (χ1v) is 22.0. The molecule has 2 N–H and O–H groups in total. The van der Waals surface area contributed by atoms with Gasteiger partial charge in [0.15, 0.2) is 0 Å². The Balaban J connectivity index is 0.761. The zero-order chi connectivity index (χ0) is 44.0. The van der Waals surface area contributed by atoms with Crippen LogP contribution in [0, 0.1) is 12.7 Å². The fourth-order valence-corrected chi connectivity index (χ4v) is 9.40. The van der Waals surface area contributed by atoms with Crippen LogP contribution in [0.1, 0.15) is 91.8 Å². The summed E-state index contributed by atoms with van der Waals surface area (Å²) >= 11 is 0. The SMILES string of the molecule is Cc1c(N2CCc3cnc(Nc4ccc(CC(=O)N5CCC(N6CC(c7ccc(C8CCC(=O)NC8=O)cc7)C6)CC5)c(F)c4)nc3C2)cnc2c1N(C(=O)OC(C)(C)C)CCO2. The summed E-state index contributed by atoms with van der Waals surface area (Å²) in [4.78, 5) is 72.4. The number of aromatic nitrogens is 3. The van der Waals surface area contributed by atoms with E-state index in [1.807, 2.05) is 44.7 Å². The van der Waals surface area contributed by atoms with E-state index in [-0.39, 0.29) is 30.1 Å². The van der Waals surface area contributed by atoms with Crippen molar-refractivity contribution in [2.45, 2.75) is 96.2 Å². The van der Waals surface area contributed by atoms with Gasteiger partial charge in [-0.25, -0.2) is 24.1 Å². The van der Waals surface area contributed by atoms with E-state index in [2.05, 4.69) is 42.5 Å². The first kappa shape index (κ1) is 42.2. The number of nitrogens with one attached hydrogen (secondary N) is 2. The van der Waals surface area contributed by atoms with Gasteiger partial charge in [0, 0.05) is 68.6 Å². The predicted molar refractivity (Wildman–Crippen MR) is 234 cm³/mol. The number of carbonyl (C=O) groups excluding carboxylic acids is 4. The summed E-state index contributed by atoms with van der Waals surface area (Å²) in [6.07, 6.45) is 6.49. The molecule has 3 saturated heterocycles. The van der Waals surface area contributed by atoms with Crippen LogP contribution in [0.5, 0.6) is 5.88 Å². The molecule has 5 aliphatic heterocycles. The van der Waals surface area contributed by atoms with Crippen LogP contribution in [-0.4, -0.2) is 106 Å². The van der Waals surface area contributed by atoms with Crippen molar-refractivity contribution in [1.82, 2.24) is 30.1 Å². The highest BCUT2D eigenvalue weighted by Gasteiger charge is 2.37. The molecule has 5 aliphatic rings. The molecule has 3 fully saturated rings. The third kappa shape index (κ3) is 9.04. The highest BCUT2D eigenvalue weighted by Crippen LogP contribution is 2.40. The number of rotatable bonds is 8. The number of amides is 4. The molecule has 330 valence electrons. The monoisotopic (exact) mass is 859 g/mol. The molecule has 1 unspecified atom stereocenters. The molecule has 0 spiro atoms. The van der Waals surface area contributed by atoms with Crippen molar-refractivity contribution in [2.24, 2.45) is 0 Å². The van der Waals surface area contributed by atoms with Gasteiger partial charge in [-0.15, -0.1) is 0 Å². The van der Waals surface area contributed by atoms with Crippen LogP contribution in [0.4, 0.5) is 32.2 Å². The number of anilines is 4. The van der Waals surface area contributed by atoms with E-state index in [4.69, 9.17) is 14.5 Å². The summed E-state index contributed by atoms with van der Waals surface area (Å²) < 4.78 is 27.0. The van der Waals surface area contributed by atoms with E-state index < -0.39 is 17.5 Å². The van der Waals surface area contributed by atoms with E-state index in [0.29, 0.717) is 99.3 Å². The summed E-state index contributed by atoms with van der Waals surface area (Å²) in [5, 5.41) is 5.59. The molecular weight excluding hydrogens is 806 g/mol. The van der Waals surface area contributed by atoms with Gasteiger partial charge in [0.05, 0.1) is 43.0 Å². The number of halogens is 1. The maximum absolute atomic E-state index is 15.5. The average molecular weight is 860 g/mol. The molecule has 1 atom stereocenters. The average Bonchev–Trinajstić information content (AvgIpc) is 3.24. The highest BCUT2D eigenvalue weighted by molar-refractivity contribution is 6.01. The Morgan fingerprint density at radius 1 is 0.952 bits per heavy atom. The van der Waals surface area contributed by atoms with Crippen molar-refractivity contribution < 1.29 is 33.0 Å². The van der Waals surface area contributed by atoms with Crippen LogP contribution in [0.25, 0.3) is 0 Å². The van der Waals surface area contributed by atoms with Gasteiger partial charge in [-0.3, -0.25) is 29.5 Å². The second-order valence-corrected chi connectivity index (χ2v) is 18.3. The fraction of sp³-hybridized carbons (Fsp3) is 0.468. The molecular formula is C47H54FN9O6. The van der Waals surface area contributed by atoms with Gasteiger partial charge in [0.25, 0.3) is 0 Å². The number of hydrogen-bond donors (Lipinski definition) is 2. The summed E-state index contributed by atoms with van der Waals surface area (Å²) in [5.74, 6) is -0.0858. The molecule has 16 heteroatoms.